The average molecular weight is 409 g/mol. The molecule has 1 aliphatic heterocycles. The van der Waals surface area contributed by atoms with Crippen LogP contribution >= 0.6 is 12.4 Å². The van der Waals surface area contributed by atoms with Crippen molar-refractivity contribution in [2.45, 2.75) is 57.4 Å². The number of nitrogens with one attached hydrogen (secondary N) is 3. The van der Waals surface area contributed by atoms with E-state index < -0.39 is 0 Å². The van der Waals surface area contributed by atoms with E-state index in [0.29, 0.717) is 23.8 Å². The predicted molar refractivity (Wildman–Crippen MR) is 110 cm³/mol. The second-order valence-corrected chi connectivity index (χ2v) is 7.21. The number of nitrogens with zero attached hydrogens (tertiary/aromatic N) is 1. The zero-order valence-corrected chi connectivity index (χ0v) is 16.9. The van der Waals surface area contributed by atoms with Crippen molar-refractivity contribution in [1.29, 1.82) is 0 Å². The molecule has 154 valence electrons. The molecule has 3 N–H and O–H groups in total. The van der Waals surface area contributed by atoms with Crippen LogP contribution < -0.4 is 21.1 Å². The van der Waals surface area contributed by atoms with Gasteiger partial charge in [-0.05, 0) is 37.1 Å². The fourth-order valence-electron chi connectivity index (χ4n) is 3.58. The van der Waals surface area contributed by atoms with Crippen LogP contribution in [0.5, 0.6) is 0 Å². The minimum atomic E-state index is -0.183. The highest BCUT2D eigenvalue weighted by Gasteiger charge is 2.24. The Kier molecular flexibility index (Phi) is 8.73. The molecule has 0 bridgehead atoms. The van der Waals surface area contributed by atoms with E-state index >= 15 is 0 Å². The number of carbonyl (C=O) groups is 3. The molecule has 1 heterocycles. The molecule has 1 aromatic carbocycles. The van der Waals surface area contributed by atoms with Crippen molar-refractivity contribution in [3.05, 3.63) is 29.8 Å². The molecule has 0 spiro atoms. The van der Waals surface area contributed by atoms with Gasteiger partial charge in [-0.15, -0.1) is 12.4 Å². The number of hydrazine groups is 1. The first-order chi connectivity index (χ1) is 13.1. The molecule has 1 aliphatic carbocycles. The van der Waals surface area contributed by atoms with Crippen LogP contribution in [0.2, 0.25) is 0 Å². The summed E-state index contributed by atoms with van der Waals surface area (Å²) in [5, 5.41) is 7.69. The van der Waals surface area contributed by atoms with Crippen LogP contribution in [-0.4, -0.2) is 36.9 Å². The molecule has 0 radical (unpaired) electrons. The second-order valence-electron chi connectivity index (χ2n) is 7.21. The highest BCUT2D eigenvalue weighted by Crippen LogP contribution is 2.18. The van der Waals surface area contributed by atoms with E-state index in [9.17, 15) is 14.4 Å². The fraction of sp³-hybridized carbons (Fsp3) is 0.550. The molecular formula is C20H29ClN4O3. The van der Waals surface area contributed by atoms with Crippen molar-refractivity contribution in [1.82, 2.24) is 16.1 Å². The smallest absolute Gasteiger partial charge is 0.251 e. The van der Waals surface area contributed by atoms with Gasteiger partial charge < -0.3 is 10.6 Å². The zero-order chi connectivity index (χ0) is 19.1. The average Bonchev–Trinajstić information content (AvgIpc) is 2.96. The molecule has 1 saturated carbocycles. The molecule has 3 amide bonds. The number of benzene rings is 1. The van der Waals surface area contributed by atoms with Crippen molar-refractivity contribution in [3.63, 3.8) is 0 Å². The maximum atomic E-state index is 12.3. The molecule has 28 heavy (non-hydrogen) atoms. The summed E-state index contributed by atoms with van der Waals surface area (Å²) in [4.78, 5) is 35.6. The van der Waals surface area contributed by atoms with Gasteiger partial charge in [0.05, 0.1) is 5.69 Å². The molecule has 7 nitrogen and oxygen atoms in total. The lowest BCUT2D eigenvalue weighted by molar-refractivity contribution is -0.130. The van der Waals surface area contributed by atoms with Crippen LogP contribution in [0.15, 0.2) is 24.3 Å². The monoisotopic (exact) mass is 408 g/mol. The van der Waals surface area contributed by atoms with Crippen molar-refractivity contribution < 1.29 is 14.4 Å². The lowest BCUT2D eigenvalue weighted by Crippen LogP contribution is -2.50. The van der Waals surface area contributed by atoms with Gasteiger partial charge in [0, 0.05) is 37.5 Å². The number of rotatable bonds is 6. The van der Waals surface area contributed by atoms with E-state index in [1.54, 1.807) is 24.3 Å². The van der Waals surface area contributed by atoms with Crippen molar-refractivity contribution >= 4 is 35.8 Å². The SMILES string of the molecule is Cl.O=C1CCC(=O)N(c2ccc(C(=O)NCCNC3CCCCCC3)cc2)N1. The Labute approximate surface area is 172 Å². The van der Waals surface area contributed by atoms with Crippen LogP contribution in [0.4, 0.5) is 5.69 Å². The van der Waals surface area contributed by atoms with E-state index in [2.05, 4.69) is 16.1 Å². The van der Waals surface area contributed by atoms with Crippen LogP contribution in [0.3, 0.4) is 0 Å². The van der Waals surface area contributed by atoms with Gasteiger partial charge >= 0.3 is 0 Å². The highest BCUT2D eigenvalue weighted by atomic mass is 35.5. The molecule has 1 aromatic rings. The predicted octanol–water partition coefficient (Wildman–Crippen LogP) is 2.31. The summed E-state index contributed by atoms with van der Waals surface area (Å²) in [6.07, 6.45) is 8.09. The van der Waals surface area contributed by atoms with Gasteiger partial charge in [0.1, 0.15) is 0 Å². The first-order valence-corrected chi connectivity index (χ1v) is 9.87. The summed E-state index contributed by atoms with van der Waals surface area (Å²) < 4.78 is 0. The third kappa shape index (κ3) is 6.21. The maximum Gasteiger partial charge on any atom is 0.251 e. The van der Waals surface area contributed by atoms with Crippen molar-refractivity contribution in [2.24, 2.45) is 0 Å². The van der Waals surface area contributed by atoms with Gasteiger partial charge in [0.15, 0.2) is 0 Å². The fourth-order valence-corrected chi connectivity index (χ4v) is 3.58. The lowest BCUT2D eigenvalue weighted by Gasteiger charge is -2.27. The quantitative estimate of drug-likeness (QED) is 0.497. The van der Waals surface area contributed by atoms with Crippen LogP contribution in [0.1, 0.15) is 61.7 Å². The van der Waals surface area contributed by atoms with Gasteiger partial charge in [-0.25, -0.2) is 5.01 Å². The van der Waals surface area contributed by atoms with Crippen molar-refractivity contribution in [3.8, 4) is 0 Å². The Hall–Kier alpha value is -2.12. The number of anilines is 1. The van der Waals surface area contributed by atoms with Gasteiger partial charge in [-0.2, -0.15) is 0 Å². The molecular weight excluding hydrogens is 380 g/mol. The molecule has 0 unspecified atom stereocenters. The van der Waals surface area contributed by atoms with E-state index in [-0.39, 0.29) is 43.0 Å². The third-order valence-corrected chi connectivity index (χ3v) is 5.14. The molecule has 2 fully saturated rings. The van der Waals surface area contributed by atoms with Crippen molar-refractivity contribution in [2.75, 3.05) is 18.1 Å². The summed E-state index contributed by atoms with van der Waals surface area (Å²) in [6, 6.07) is 7.24. The summed E-state index contributed by atoms with van der Waals surface area (Å²) in [5.41, 5.74) is 3.63. The summed E-state index contributed by atoms with van der Waals surface area (Å²) in [7, 11) is 0. The number of hydrogen-bond acceptors (Lipinski definition) is 4. The summed E-state index contributed by atoms with van der Waals surface area (Å²) in [6.45, 7) is 1.35. The second kappa shape index (κ2) is 11.0. The zero-order valence-electron chi connectivity index (χ0n) is 16.0. The number of hydrogen-bond donors (Lipinski definition) is 3. The lowest BCUT2D eigenvalue weighted by atomic mass is 10.1. The Morgan fingerprint density at radius 3 is 2.36 bits per heavy atom. The van der Waals surface area contributed by atoms with E-state index in [1.807, 2.05) is 0 Å². The van der Waals surface area contributed by atoms with Crippen LogP contribution in [0, 0.1) is 0 Å². The Morgan fingerprint density at radius 1 is 1.00 bits per heavy atom. The topological polar surface area (TPSA) is 90.5 Å². The van der Waals surface area contributed by atoms with Crippen LogP contribution in [-0.2, 0) is 9.59 Å². The molecule has 1 saturated heterocycles. The Balaban J connectivity index is 0.00000280. The largest absolute Gasteiger partial charge is 0.351 e. The van der Waals surface area contributed by atoms with Gasteiger partial charge in [-0.3, -0.25) is 19.8 Å². The third-order valence-electron chi connectivity index (χ3n) is 5.14. The number of carbonyl (C=O) groups excluding carboxylic acids is 3. The Bertz CT molecular complexity index is 673. The minimum Gasteiger partial charge on any atom is -0.351 e. The molecule has 3 rings (SSSR count). The summed E-state index contributed by atoms with van der Waals surface area (Å²) in [5.74, 6) is -0.479. The van der Waals surface area contributed by atoms with Gasteiger partial charge in [-0.1, -0.05) is 25.7 Å². The van der Waals surface area contributed by atoms with Crippen LogP contribution in [0.25, 0.3) is 0 Å². The normalized spacial score (nSPS) is 18.1. The van der Waals surface area contributed by atoms with E-state index in [1.165, 1.54) is 43.5 Å². The van der Waals surface area contributed by atoms with E-state index in [4.69, 9.17) is 0 Å². The molecule has 2 aliphatic rings. The standard InChI is InChI=1S/C20H28N4O3.ClH/c25-18-11-12-19(26)24(23-18)17-9-7-15(8-10-17)20(27)22-14-13-21-16-5-3-1-2-4-6-16;/h7-10,16,21H,1-6,11-14H2,(H,22,27)(H,23,25);1H. The first kappa shape index (κ1) is 22.2. The molecule has 0 atom stereocenters. The Morgan fingerprint density at radius 2 is 1.68 bits per heavy atom. The minimum absolute atomic E-state index is 0. The maximum absolute atomic E-state index is 12.3. The summed E-state index contributed by atoms with van der Waals surface area (Å²) >= 11 is 0. The molecule has 0 aromatic heterocycles. The highest BCUT2D eigenvalue weighted by molar-refractivity contribution is 6.01. The van der Waals surface area contributed by atoms with Gasteiger partial charge in [0.2, 0.25) is 11.8 Å². The van der Waals surface area contributed by atoms with E-state index in [0.717, 1.165) is 6.54 Å². The number of amides is 3. The molecule has 8 heteroatoms. The number of halogens is 1. The van der Waals surface area contributed by atoms with Gasteiger partial charge in [0.25, 0.3) is 5.91 Å². The first-order valence-electron chi connectivity index (χ1n) is 9.87.